The van der Waals surface area contributed by atoms with E-state index in [4.69, 9.17) is 10.5 Å². The van der Waals surface area contributed by atoms with Crippen molar-refractivity contribution in [3.05, 3.63) is 64.2 Å². The zero-order valence-electron chi connectivity index (χ0n) is 16.1. The molecule has 0 aliphatic carbocycles. The monoisotopic (exact) mass is 415 g/mol. The number of Topliss-reactive ketones (excluding diaryl/α,β-unsaturated/α-hetero) is 1. The first-order valence-corrected chi connectivity index (χ1v) is 9.04. The van der Waals surface area contributed by atoms with E-state index in [0.29, 0.717) is 0 Å². The highest BCUT2D eigenvalue weighted by Gasteiger charge is 2.53. The maximum atomic E-state index is 13.4. The second-order valence-corrected chi connectivity index (χ2v) is 6.68. The number of methoxy groups -OCH3 is 1. The van der Waals surface area contributed by atoms with Gasteiger partial charge in [0.25, 0.3) is 0 Å². The van der Waals surface area contributed by atoms with Gasteiger partial charge in [-0.1, -0.05) is 30.3 Å². The van der Waals surface area contributed by atoms with Crippen LogP contribution in [0.1, 0.15) is 22.3 Å². The van der Waals surface area contributed by atoms with E-state index in [1.54, 1.807) is 30.3 Å². The van der Waals surface area contributed by atoms with Gasteiger partial charge in [0.15, 0.2) is 0 Å². The first-order valence-electron chi connectivity index (χ1n) is 9.04. The summed E-state index contributed by atoms with van der Waals surface area (Å²) in [5, 5.41) is 19.9. The van der Waals surface area contributed by atoms with Gasteiger partial charge < -0.3 is 25.4 Å². The number of anilines is 1. The van der Waals surface area contributed by atoms with E-state index in [2.05, 4.69) is 9.72 Å². The molecule has 1 aliphatic heterocycles. The summed E-state index contributed by atoms with van der Waals surface area (Å²) in [6.45, 7) is -0.558. The topological polar surface area (TPSA) is 154 Å². The number of benzene rings is 1. The third-order valence-electron chi connectivity index (χ3n) is 4.81. The number of esters is 1. The largest absolute Gasteiger partial charge is 0.466 e. The fourth-order valence-corrected chi connectivity index (χ4v) is 3.27. The molecular weight excluding hydrogens is 394 g/mol. The number of nitrogens with zero attached hydrogens (tertiary/aromatic N) is 2. The summed E-state index contributed by atoms with van der Waals surface area (Å²) in [5.41, 5.74) is 3.33. The minimum Gasteiger partial charge on any atom is -0.466 e. The highest BCUT2D eigenvalue weighted by Crippen LogP contribution is 2.37. The lowest BCUT2D eigenvalue weighted by molar-refractivity contribution is -0.134. The van der Waals surface area contributed by atoms with Crippen LogP contribution in [-0.4, -0.2) is 57.4 Å². The number of hydrogen-bond acceptors (Lipinski definition) is 9. The summed E-state index contributed by atoms with van der Waals surface area (Å²) in [7, 11) is 1.20. The van der Waals surface area contributed by atoms with Crippen molar-refractivity contribution in [1.82, 2.24) is 9.55 Å². The van der Waals surface area contributed by atoms with E-state index in [1.807, 2.05) is 0 Å². The zero-order valence-corrected chi connectivity index (χ0v) is 16.1. The van der Waals surface area contributed by atoms with Crippen LogP contribution in [0.3, 0.4) is 0 Å². The van der Waals surface area contributed by atoms with Gasteiger partial charge in [-0.05, 0) is 6.08 Å². The van der Waals surface area contributed by atoms with Crippen molar-refractivity contribution >= 4 is 23.6 Å². The Morgan fingerprint density at radius 3 is 2.70 bits per heavy atom. The molecule has 10 nitrogen and oxygen atoms in total. The fraction of sp³-hybridized carbons (Fsp3) is 0.300. The van der Waals surface area contributed by atoms with Crippen molar-refractivity contribution in [2.45, 2.75) is 24.4 Å². The smallest absolute Gasteiger partial charge is 0.352 e. The predicted molar refractivity (Wildman–Crippen MR) is 105 cm³/mol. The van der Waals surface area contributed by atoms with E-state index in [0.717, 1.165) is 10.6 Å². The van der Waals surface area contributed by atoms with Gasteiger partial charge >= 0.3 is 11.7 Å². The van der Waals surface area contributed by atoms with Crippen LogP contribution in [0.5, 0.6) is 0 Å². The second kappa shape index (κ2) is 8.57. The van der Waals surface area contributed by atoms with E-state index in [9.17, 15) is 24.6 Å². The number of nitrogens with two attached hydrogens (primary N) is 1. The minimum atomic E-state index is -1.96. The Morgan fingerprint density at radius 2 is 2.10 bits per heavy atom. The maximum Gasteiger partial charge on any atom is 0.352 e. The van der Waals surface area contributed by atoms with E-state index in [-0.39, 0.29) is 23.4 Å². The Bertz CT molecular complexity index is 1030. The van der Waals surface area contributed by atoms with Gasteiger partial charge in [0.2, 0.25) is 11.5 Å². The Morgan fingerprint density at radius 1 is 1.40 bits per heavy atom. The standard InChI is InChI=1S/C20H21N3O7/c1-29-16(26)8-7-13-10-23(19(28)22-18(13)21)20(9-14(25)15(11-24)30-20)17(27)12-5-3-2-4-6-12/h2-8,10,14-15,24-25H,9,11H2,1H3,(H2,21,22,28)/b8-7+/t14-,15+,20-/m0/s1. The average molecular weight is 415 g/mol. The molecule has 3 atom stereocenters. The van der Waals surface area contributed by atoms with Gasteiger partial charge in [0, 0.05) is 29.8 Å². The van der Waals surface area contributed by atoms with Gasteiger partial charge in [-0.2, -0.15) is 4.98 Å². The number of carbonyl (C=O) groups excluding carboxylic acids is 2. The molecule has 4 N–H and O–H groups in total. The average Bonchev–Trinajstić information content (AvgIpc) is 3.10. The van der Waals surface area contributed by atoms with Gasteiger partial charge in [-0.3, -0.25) is 9.36 Å². The normalized spacial score (nSPS) is 23.6. The summed E-state index contributed by atoms with van der Waals surface area (Å²) in [6.07, 6.45) is 0.987. The molecule has 1 aliphatic rings. The molecule has 1 aromatic heterocycles. The molecule has 1 aromatic carbocycles. The van der Waals surface area contributed by atoms with Crippen LogP contribution in [0, 0.1) is 0 Å². The van der Waals surface area contributed by atoms with Crippen molar-refractivity contribution in [2.75, 3.05) is 19.5 Å². The SMILES string of the molecule is COC(=O)/C=C/c1cn([C@@]2(C(=O)c3ccccc3)C[C@H](O)[C@@H](CO)O2)c(=O)nc1N. The van der Waals surface area contributed by atoms with Gasteiger partial charge in [0.05, 0.1) is 19.8 Å². The summed E-state index contributed by atoms with van der Waals surface area (Å²) in [4.78, 5) is 41.2. The molecule has 10 heteroatoms. The molecule has 2 heterocycles. The van der Waals surface area contributed by atoms with Crippen molar-refractivity contribution < 1.29 is 29.3 Å². The van der Waals surface area contributed by atoms with Crippen molar-refractivity contribution in [3.63, 3.8) is 0 Å². The summed E-state index contributed by atoms with van der Waals surface area (Å²) >= 11 is 0. The molecule has 3 rings (SSSR count). The van der Waals surface area contributed by atoms with Gasteiger partial charge in [-0.25, -0.2) is 9.59 Å². The molecule has 1 fully saturated rings. The molecular formula is C20H21N3O7. The number of aromatic nitrogens is 2. The number of aliphatic hydroxyl groups excluding tert-OH is 2. The Kier molecular flexibility index (Phi) is 6.11. The summed E-state index contributed by atoms with van der Waals surface area (Å²) in [6, 6.07) is 8.09. The molecule has 1 saturated heterocycles. The molecule has 0 unspecified atom stereocenters. The first-order chi connectivity index (χ1) is 14.3. The number of rotatable bonds is 6. The molecule has 0 radical (unpaired) electrons. The minimum absolute atomic E-state index is 0.158. The van der Waals surface area contributed by atoms with Crippen LogP contribution in [0.2, 0.25) is 0 Å². The maximum absolute atomic E-state index is 13.4. The number of hydrogen-bond donors (Lipinski definition) is 3. The molecule has 0 spiro atoms. The van der Waals surface area contributed by atoms with E-state index < -0.39 is 42.0 Å². The van der Waals surface area contributed by atoms with Crippen molar-refractivity contribution in [2.24, 2.45) is 0 Å². The van der Waals surface area contributed by atoms with Gasteiger partial charge in [-0.15, -0.1) is 0 Å². The Labute approximate surface area is 171 Å². The van der Waals surface area contributed by atoms with Crippen LogP contribution in [-0.2, 0) is 20.0 Å². The third kappa shape index (κ3) is 3.88. The molecule has 0 bridgehead atoms. The second-order valence-electron chi connectivity index (χ2n) is 6.68. The predicted octanol–water partition coefficient (Wildman–Crippen LogP) is -0.310. The molecule has 2 aromatic rings. The zero-order chi connectivity index (χ0) is 21.9. The van der Waals surface area contributed by atoms with Crippen LogP contribution >= 0.6 is 0 Å². The number of ether oxygens (including phenoxy) is 2. The highest BCUT2D eigenvalue weighted by atomic mass is 16.6. The van der Waals surface area contributed by atoms with Crippen LogP contribution in [0.4, 0.5) is 5.82 Å². The van der Waals surface area contributed by atoms with Crippen LogP contribution in [0.25, 0.3) is 6.08 Å². The summed E-state index contributed by atoms with van der Waals surface area (Å²) < 4.78 is 11.2. The number of nitrogen functional groups attached to an aromatic ring is 1. The molecule has 0 saturated carbocycles. The van der Waals surface area contributed by atoms with Crippen molar-refractivity contribution in [3.8, 4) is 0 Å². The molecule has 30 heavy (non-hydrogen) atoms. The first kappa shape index (κ1) is 21.4. The lowest BCUT2D eigenvalue weighted by Gasteiger charge is -2.30. The highest BCUT2D eigenvalue weighted by molar-refractivity contribution is 6.01. The van der Waals surface area contributed by atoms with E-state index >= 15 is 0 Å². The Balaban J connectivity index is 2.18. The Hall–Kier alpha value is -3.34. The van der Waals surface area contributed by atoms with Crippen LogP contribution in [0.15, 0.2) is 47.4 Å². The summed E-state index contributed by atoms with van der Waals surface area (Å²) in [5.74, 6) is -1.43. The molecule has 0 amide bonds. The number of carbonyl (C=O) groups is 2. The third-order valence-corrected chi connectivity index (χ3v) is 4.81. The van der Waals surface area contributed by atoms with E-state index in [1.165, 1.54) is 19.4 Å². The molecule has 158 valence electrons. The van der Waals surface area contributed by atoms with Crippen LogP contribution < -0.4 is 11.4 Å². The number of aliphatic hydroxyl groups is 2. The fourth-order valence-electron chi connectivity index (χ4n) is 3.27. The lowest BCUT2D eigenvalue weighted by Crippen LogP contribution is -2.48. The van der Waals surface area contributed by atoms with Gasteiger partial charge in [0.1, 0.15) is 11.9 Å². The number of ketones is 1. The van der Waals surface area contributed by atoms with Crippen molar-refractivity contribution in [1.29, 1.82) is 0 Å². The quantitative estimate of drug-likeness (QED) is 0.327. The lowest BCUT2D eigenvalue weighted by atomic mass is 9.96.